The lowest BCUT2D eigenvalue weighted by Crippen LogP contribution is -2.31. The Labute approximate surface area is 94.7 Å². The molecule has 0 atom stereocenters. The van der Waals surface area contributed by atoms with Gasteiger partial charge in [-0.3, -0.25) is 0 Å². The lowest BCUT2D eigenvalue weighted by molar-refractivity contribution is 0.204. The monoisotopic (exact) mass is 218 g/mol. The molecule has 0 N–H and O–H groups in total. The van der Waals surface area contributed by atoms with Crippen molar-refractivity contribution in [3.63, 3.8) is 0 Å². The summed E-state index contributed by atoms with van der Waals surface area (Å²) >= 11 is 0. The molecule has 1 aromatic heterocycles. The molecule has 0 spiro atoms. The minimum Gasteiger partial charge on any atom is -0.383 e. The van der Waals surface area contributed by atoms with Crippen LogP contribution in [-0.2, 0) is 4.74 Å². The van der Waals surface area contributed by atoms with Crippen molar-refractivity contribution < 1.29 is 4.74 Å². The highest BCUT2D eigenvalue weighted by Crippen LogP contribution is 2.31. The molecule has 0 aliphatic heterocycles. The van der Waals surface area contributed by atoms with E-state index in [1.807, 2.05) is 0 Å². The molecule has 5 nitrogen and oxygen atoms in total. The summed E-state index contributed by atoms with van der Waals surface area (Å²) in [7, 11) is 1.67. The van der Waals surface area contributed by atoms with Crippen LogP contribution < -0.4 is 4.90 Å². The predicted octanol–water partition coefficient (Wildman–Crippen LogP) is 0.963. The quantitative estimate of drug-likeness (QED) is 0.736. The van der Waals surface area contributed by atoms with Crippen LogP contribution in [0.5, 0.6) is 0 Å². The van der Waals surface area contributed by atoms with Crippen LogP contribution in [0.1, 0.15) is 18.5 Å². The lowest BCUT2D eigenvalue weighted by Gasteiger charge is -2.23. The third-order valence-electron chi connectivity index (χ3n) is 2.58. The van der Waals surface area contributed by atoms with Gasteiger partial charge in [-0.1, -0.05) is 0 Å². The molecule has 1 saturated carbocycles. The summed E-state index contributed by atoms with van der Waals surface area (Å²) in [6, 6.07) is 2.58. The molecule has 0 radical (unpaired) electrons. The molecule has 5 heteroatoms. The van der Waals surface area contributed by atoms with Crippen molar-refractivity contribution in [3.8, 4) is 6.07 Å². The Morgan fingerprint density at radius 2 is 2.25 bits per heavy atom. The summed E-state index contributed by atoms with van der Waals surface area (Å²) in [6.45, 7) is 1.40. The van der Waals surface area contributed by atoms with Crippen LogP contribution in [0, 0.1) is 11.3 Å². The summed E-state index contributed by atoms with van der Waals surface area (Å²) in [5.41, 5.74) is 0.394. The molecule has 0 saturated heterocycles. The van der Waals surface area contributed by atoms with Crippen molar-refractivity contribution in [1.29, 1.82) is 5.26 Å². The van der Waals surface area contributed by atoms with E-state index in [0.29, 0.717) is 24.2 Å². The SMILES string of the molecule is COCCN(c1nccnc1C#N)C1CC1. The Morgan fingerprint density at radius 1 is 1.50 bits per heavy atom. The molecule has 2 rings (SSSR count). The molecular formula is C11H14N4O. The van der Waals surface area contributed by atoms with Gasteiger partial charge in [0.25, 0.3) is 0 Å². The highest BCUT2D eigenvalue weighted by atomic mass is 16.5. The van der Waals surface area contributed by atoms with Gasteiger partial charge in [0.2, 0.25) is 0 Å². The average Bonchev–Trinajstić information content (AvgIpc) is 3.14. The van der Waals surface area contributed by atoms with Gasteiger partial charge in [0.05, 0.1) is 6.61 Å². The van der Waals surface area contributed by atoms with Crippen LogP contribution in [0.15, 0.2) is 12.4 Å². The van der Waals surface area contributed by atoms with Crippen molar-refractivity contribution in [2.75, 3.05) is 25.2 Å². The van der Waals surface area contributed by atoms with Crippen LogP contribution in [0.2, 0.25) is 0 Å². The van der Waals surface area contributed by atoms with E-state index < -0.39 is 0 Å². The highest BCUT2D eigenvalue weighted by Gasteiger charge is 2.31. The third kappa shape index (κ3) is 2.28. The Kier molecular flexibility index (Phi) is 3.32. The fourth-order valence-corrected chi connectivity index (χ4v) is 1.66. The number of nitrogens with zero attached hydrogens (tertiary/aromatic N) is 4. The molecule has 1 aromatic rings. The Hall–Kier alpha value is -1.67. The first-order valence-corrected chi connectivity index (χ1v) is 5.33. The van der Waals surface area contributed by atoms with Crippen LogP contribution in [0.3, 0.4) is 0 Å². The number of methoxy groups -OCH3 is 1. The minimum atomic E-state index is 0.394. The lowest BCUT2D eigenvalue weighted by atomic mass is 10.3. The molecule has 0 bridgehead atoms. The second-order valence-corrected chi connectivity index (χ2v) is 3.76. The Bertz CT molecular complexity index is 397. The van der Waals surface area contributed by atoms with E-state index in [9.17, 15) is 0 Å². The fraction of sp³-hybridized carbons (Fsp3) is 0.545. The number of nitriles is 1. The molecule has 1 heterocycles. The van der Waals surface area contributed by atoms with Crippen molar-refractivity contribution in [2.24, 2.45) is 0 Å². The number of hydrogen-bond acceptors (Lipinski definition) is 5. The molecular weight excluding hydrogens is 204 g/mol. The first-order chi connectivity index (χ1) is 7.86. The van der Waals surface area contributed by atoms with E-state index in [2.05, 4.69) is 20.9 Å². The van der Waals surface area contributed by atoms with Crippen molar-refractivity contribution >= 4 is 5.82 Å². The molecule has 1 aliphatic carbocycles. The molecule has 1 fully saturated rings. The van der Waals surface area contributed by atoms with E-state index >= 15 is 0 Å². The normalized spacial score (nSPS) is 14.5. The maximum atomic E-state index is 8.98. The van der Waals surface area contributed by atoms with E-state index in [0.717, 1.165) is 19.4 Å². The number of anilines is 1. The summed E-state index contributed by atoms with van der Waals surface area (Å²) < 4.78 is 5.07. The zero-order chi connectivity index (χ0) is 11.4. The first-order valence-electron chi connectivity index (χ1n) is 5.33. The van der Waals surface area contributed by atoms with Gasteiger partial charge in [0.15, 0.2) is 11.5 Å². The summed E-state index contributed by atoms with van der Waals surface area (Å²) in [6.07, 6.45) is 5.48. The van der Waals surface area contributed by atoms with E-state index in [1.165, 1.54) is 0 Å². The zero-order valence-electron chi connectivity index (χ0n) is 9.26. The fourth-order valence-electron chi connectivity index (χ4n) is 1.66. The van der Waals surface area contributed by atoms with Crippen molar-refractivity contribution in [2.45, 2.75) is 18.9 Å². The summed E-state index contributed by atoms with van der Waals surface area (Å²) in [5.74, 6) is 0.685. The predicted molar refractivity (Wildman–Crippen MR) is 59.0 cm³/mol. The van der Waals surface area contributed by atoms with Crippen LogP contribution in [-0.4, -0.2) is 36.3 Å². The molecule has 16 heavy (non-hydrogen) atoms. The van der Waals surface area contributed by atoms with Gasteiger partial charge in [-0.05, 0) is 12.8 Å². The molecule has 0 amide bonds. The van der Waals surface area contributed by atoms with Crippen LogP contribution in [0.25, 0.3) is 0 Å². The van der Waals surface area contributed by atoms with Gasteiger partial charge in [0, 0.05) is 32.1 Å². The van der Waals surface area contributed by atoms with E-state index in [4.69, 9.17) is 10.00 Å². The van der Waals surface area contributed by atoms with Gasteiger partial charge in [0.1, 0.15) is 6.07 Å². The van der Waals surface area contributed by atoms with E-state index in [-0.39, 0.29) is 0 Å². The topological polar surface area (TPSA) is 62.0 Å². The molecule has 0 aromatic carbocycles. The number of hydrogen-bond donors (Lipinski definition) is 0. The van der Waals surface area contributed by atoms with Gasteiger partial charge >= 0.3 is 0 Å². The zero-order valence-corrected chi connectivity index (χ0v) is 9.26. The molecule has 0 unspecified atom stereocenters. The summed E-state index contributed by atoms with van der Waals surface area (Å²) in [5, 5.41) is 8.98. The first kappa shape index (κ1) is 10.8. The third-order valence-corrected chi connectivity index (χ3v) is 2.58. The largest absolute Gasteiger partial charge is 0.383 e. The van der Waals surface area contributed by atoms with Gasteiger partial charge in [-0.25, -0.2) is 9.97 Å². The van der Waals surface area contributed by atoms with Crippen molar-refractivity contribution in [3.05, 3.63) is 18.1 Å². The Morgan fingerprint density at radius 3 is 2.88 bits per heavy atom. The van der Waals surface area contributed by atoms with Gasteiger partial charge < -0.3 is 9.64 Å². The minimum absolute atomic E-state index is 0.394. The highest BCUT2D eigenvalue weighted by molar-refractivity contribution is 5.51. The average molecular weight is 218 g/mol. The van der Waals surface area contributed by atoms with Crippen LogP contribution in [0.4, 0.5) is 5.82 Å². The standard InChI is InChI=1S/C11H14N4O/c1-16-7-6-15(9-2-3-9)11-10(8-12)13-4-5-14-11/h4-5,9H,2-3,6-7H2,1H3. The maximum absolute atomic E-state index is 8.98. The van der Waals surface area contributed by atoms with E-state index in [1.54, 1.807) is 19.5 Å². The van der Waals surface area contributed by atoms with Gasteiger partial charge in [-0.15, -0.1) is 0 Å². The second kappa shape index (κ2) is 4.90. The van der Waals surface area contributed by atoms with Crippen molar-refractivity contribution in [1.82, 2.24) is 9.97 Å². The number of rotatable bonds is 5. The van der Waals surface area contributed by atoms with Crippen LogP contribution >= 0.6 is 0 Å². The molecule has 84 valence electrons. The number of aromatic nitrogens is 2. The Balaban J connectivity index is 2.20. The smallest absolute Gasteiger partial charge is 0.183 e. The second-order valence-electron chi connectivity index (χ2n) is 3.76. The molecule has 1 aliphatic rings. The number of ether oxygens (including phenoxy) is 1. The van der Waals surface area contributed by atoms with Gasteiger partial charge in [-0.2, -0.15) is 5.26 Å². The summed E-state index contributed by atoms with van der Waals surface area (Å²) in [4.78, 5) is 10.4. The maximum Gasteiger partial charge on any atom is 0.183 e.